The number of rotatable bonds is 7. The van der Waals surface area contributed by atoms with Crippen LogP contribution < -0.4 is 5.32 Å². The van der Waals surface area contributed by atoms with Crippen molar-refractivity contribution < 1.29 is 9.15 Å². The number of ether oxygens (including phenoxy) is 1. The molecule has 2 heterocycles. The second-order valence-electron chi connectivity index (χ2n) is 4.23. The average molecular weight is 407 g/mol. The van der Waals surface area contributed by atoms with E-state index < -0.39 is 0 Å². The molecule has 0 bridgehead atoms. The summed E-state index contributed by atoms with van der Waals surface area (Å²) in [6, 6.07) is 3.79. The first-order valence-electron chi connectivity index (χ1n) is 6.36. The standard InChI is InChI=1S/C13H17Br2N3O2/c1-3-16-12(10-4-5-11(15)20-10)13-9(14)8-17-18(13)6-7-19-2/h4-5,8,12,16H,3,6-7H2,1-2H3. The molecule has 0 spiro atoms. The van der Waals surface area contributed by atoms with Crippen LogP contribution in [0.1, 0.15) is 24.4 Å². The molecule has 1 N–H and O–H groups in total. The van der Waals surface area contributed by atoms with Crippen LogP contribution in [0.3, 0.4) is 0 Å². The molecule has 7 heteroatoms. The first-order chi connectivity index (χ1) is 9.67. The van der Waals surface area contributed by atoms with Gasteiger partial charge in [0, 0.05) is 7.11 Å². The zero-order chi connectivity index (χ0) is 14.5. The van der Waals surface area contributed by atoms with E-state index >= 15 is 0 Å². The summed E-state index contributed by atoms with van der Waals surface area (Å²) >= 11 is 6.91. The second-order valence-corrected chi connectivity index (χ2v) is 5.86. The third-order valence-corrected chi connectivity index (χ3v) is 3.94. The normalized spacial score (nSPS) is 12.8. The molecule has 0 aliphatic carbocycles. The Morgan fingerprint density at radius 3 is 2.85 bits per heavy atom. The fraction of sp³-hybridized carbons (Fsp3) is 0.462. The molecule has 0 aliphatic rings. The number of halogens is 2. The fourth-order valence-electron chi connectivity index (χ4n) is 2.03. The summed E-state index contributed by atoms with van der Waals surface area (Å²) in [6.07, 6.45) is 1.80. The molecular formula is C13H17Br2N3O2. The van der Waals surface area contributed by atoms with Crippen LogP contribution in [0.2, 0.25) is 0 Å². The predicted molar refractivity (Wildman–Crippen MR) is 83.7 cm³/mol. The van der Waals surface area contributed by atoms with Gasteiger partial charge < -0.3 is 14.5 Å². The van der Waals surface area contributed by atoms with Crippen LogP contribution in [0.5, 0.6) is 0 Å². The Morgan fingerprint density at radius 2 is 2.25 bits per heavy atom. The van der Waals surface area contributed by atoms with Gasteiger partial charge in [-0.2, -0.15) is 5.10 Å². The van der Waals surface area contributed by atoms with Gasteiger partial charge in [-0.25, -0.2) is 0 Å². The van der Waals surface area contributed by atoms with E-state index in [0.29, 0.717) is 13.2 Å². The first kappa shape index (κ1) is 15.8. The van der Waals surface area contributed by atoms with Crippen molar-refractivity contribution in [3.8, 4) is 0 Å². The molecule has 5 nitrogen and oxygen atoms in total. The van der Waals surface area contributed by atoms with Crippen molar-refractivity contribution in [2.45, 2.75) is 19.5 Å². The maximum atomic E-state index is 5.70. The van der Waals surface area contributed by atoms with Gasteiger partial charge in [0.15, 0.2) is 4.67 Å². The molecule has 110 valence electrons. The minimum Gasteiger partial charge on any atom is -0.452 e. The molecule has 0 radical (unpaired) electrons. The molecule has 2 aromatic heterocycles. The van der Waals surface area contributed by atoms with Crippen LogP contribution in [-0.4, -0.2) is 30.0 Å². The number of furan rings is 1. The highest BCUT2D eigenvalue weighted by Crippen LogP contribution is 2.30. The SMILES string of the molecule is CCNC(c1ccc(Br)o1)c1c(Br)cnn1CCOC. The smallest absolute Gasteiger partial charge is 0.169 e. The molecule has 2 aromatic rings. The molecule has 0 aliphatic heterocycles. The Bertz CT molecular complexity index is 554. The van der Waals surface area contributed by atoms with Crippen molar-refractivity contribution in [2.24, 2.45) is 0 Å². The Morgan fingerprint density at radius 1 is 1.45 bits per heavy atom. The number of aromatic nitrogens is 2. The van der Waals surface area contributed by atoms with Crippen molar-refractivity contribution in [3.63, 3.8) is 0 Å². The molecular weight excluding hydrogens is 390 g/mol. The molecule has 1 atom stereocenters. The molecule has 0 amide bonds. The van der Waals surface area contributed by atoms with Crippen molar-refractivity contribution in [1.82, 2.24) is 15.1 Å². The lowest BCUT2D eigenvalue weighted by molar-refractivity contribution is 0.181. The molecule has 2 rings (SSSR count). The van der Waals surface area contributed by atoms with E-state index in [9.17, 15) is 0 Å². The van der Waals surface area contributed by atoms with Crippen LogP contribution in [0.4, 0.5) is 0 Å². The Hall–Kier alpha value is -0.630. The van der Waals surface area contributed by atoms with Gasteiger partial charge >= 0.3 is 0 Å². The van der Waals surface area contributed by atoms with E-state index in [-0.39, 0.29) is 6.04 Å². The maximum Gasteiger partial charge on any atom is 0.169 e. The summed E-state index contributed by atoms with van der Waals surface area (Å²) in [5.41, 5.74) is 1.03. The van der Waals surface area contributed by atoms with Gasteiger partial charge in [-0.05, 0) is 50.5 Å². The predicted octanol–water partition coefficient (Wildman–Crippen LogP) is 3.35. The Balaban J connectivity index is 2.35. The third kappa shape index (κ3) is 3.52. The highest BCUT2D eigenvalue weighted by Gasteiger charge is 2.23. The van der Waals surface area contributed by atoms with E-state index in [1.807, 2.05) is 16.8 Å². The van der Waals surface area contributed by atoms with Crippen LogP contribution in [0, 0.1) is 0 Å². The van der Waals surface area contributed by atoms with Crippen molar-refractivity contribution >= 4 is 31.9 Å². The van der Waals surface area contributed by atoms with Crippen molar-refractivity contribution in [2.75, 3.05) is 20.3 Å². The zero-order valence-corrected chi connectivity index (χ0v) is 14.6. The zero-order valence-electron chi connectivity index (χ0n) is 11.4. The second kappa shape index (κ2) is 7.40. The van der Waals surface area contributed by atoms with Gasteiger partial charge in [0.05, 0.1) is 29.5 Å². The summed E-state index contributed by atoms with van der Waals surface area (Å²) in [5, 5.41) is 7.81. The first-order valence-corrected chi connectivity index (χ1v) is 7.94. The summed E-state index contributed by atoms with van der Waals surface area (Å²) in [7, 11) is 1.68. The van der Waals surface area contributed by atoms with E-state index in [1.165, 1.54) is 0 Å². The molecule has 0 fully saturated rings. The highest BCUT2D eigenvalue weighted by atomic mass is 79.9. The van der Waals surface area contributed by atoms with Gasteiger partial charge in [-0.15, -0.1) is 0 Å². The minimum atomic E-state index is -0.0555. The van der Waals surface area contributed by atoms with E-state index in [2.05, 4.69) is 49.2 Å². The van der Waals surface area contributed by atoms with Gasteiger partial charge in [-0.1, -0.05) is 6.92 Å². The monoisotopic (exact) mass is 405 g/mol. The molecule has 0 aromatic carbocycles. The van der Waals surface area contributed by atoms with Gasteiger partial charge in [0.25, 0.3) is 0 Å². The molecule has 1 unspecified atom stereocenters. The van der Waals surface area contributed by atoms with Gasteiger partial charge in [0.2, 0.25) is 0 Å². The summed E-state index contributed by atoms with van der Waals surface area (Å²) in [6.45, 7) is 4.20. The number of methoxy groups -OCH3 is 1. The van der Waals surface area contributed by atoms with Crippen LogP contribution in [0.15, 0.2) is 31.9 Å². The van der Waals surface area contributed by atoms with Crippen molar-refractivity contribution in [3.05, 3.63) is 38.9 Å². The van der Waals surface area contributed by atoms with Crippen LogP contribution in [0.25, 0.3) is 0 Å². The minimum absolute atomic E-state index is 0.0555. The van der Waals surface area contributed by atoms with E-state index in [4.69, 9.17) is 9.15 Å². The van der Waals surface area contributed by atoms with E-state index in [1.54, 1.807) is 13.3 Å². The summed E-state index contributed by atoms with van der Waals surface area (Å²) in [4.78, 5) is 0. The average Bonchev–Trinajstić information content (AvgIpc) is 3.01. The lowest BCUT2D eigenvalue weighted by Gasteiger charge is -2.18. The van der Waals surface area contributed by atoms with E-state index in [0.717, 1.165) is 27.1 Å². The van der Waals surface area contributed by atoms with Crippen LogP contribution in [-0.2, 0) is 11.3 Å². The number of nitrogens with zero attached hydrogens (tertiary/aromatic N) is 2. The molecule has 20 heavy (non-hydrogen) atoms. The van der Waals surface area contributed by atoms with Crippen LogP contribution >= 0.6 is 31.9 Å². The Kier molecular flexibility index (Phi) is 5.83. The highest BCUT2D eigenvalue weighted by molar-refractivity contribution is 9.10. The van der Waals surface area contributed by atoms with Crippen molar-refractivity contribution in [1.29, 1.82) is 0 Å². The molecule has 0 saturated carbocycles. The lowest BCUT2D eigenvalue weighted by atomic mass is 10.1. The summed E-state index contributed by atoms with van der Waals surface area (Å²) < 4.78 is 14.4. The fourth-order valence-corrected chi connectivity index (χ4v) is 2.88. The topological polar surface area (TPSA) is 52.2 Å². The number of hydrogen-bond acceptors (Lipinski definition) is 4. The number of hydrogen-bond donors (Lipinski definition) is 1. The Labute approximate surface area is 134 Å². The third-order valence-electron chi connectivity index (χ3n) is 2.90. The quantitative estimate of drug-likeness (QED) is 0.765. The number of nitrogens with one attached hydrogen (secondary N) is 1. The van der Waals surface area contributed by atoms with Gasteiger partial charge in [-0.3, -0.25) is 4.68 Å². The summed E-state index contributed by atoms with van der Waals surface area (Å²) in [5.74, 6) is 0.846. The lowest BCUT2D eigenvalue weighted by Crippen LogP contribution is -2.25. The van der Waals surface area contributed by atoms with Gasteiger partial charge in [0.1, 0.15) is 11.8 Å². The maximum absolute atomic E-state index is 5.70. The molecule has 0 saturated heterocycles. The largest absolute Gasteiger partial charge is 0.452 e.